The van der Waals surface area contributed by atoms with Gasteiger partial charge in [0, 0.05) is 6.20 Å². The van der Waals surface area contributed by atoms with Gasteiger partial charge >= 0.3 is 11.9 Å². The minimum absolute atomic E-state index is 0.0154. The highest BCUT2D eigenvalue weighted by Gasteiger charge is 2.49. The largest absolute Gasteiger partial charge is 0.505 e. The molecule has 3 aromatic heterocycles. The third-order valence-electron chi connectivity index (χ3n) is 7.09. The standard InChI is InChI=1S/C32H32N4O6S/c1-5-7-10-18-41-22-14-12-21(13-15-22)26-24(27(37)25-19(3)33-23-11-8-9-16-35(23)25)28(38)30(39)36(26)32-34-20(4)29(43-32)31(40)42-17-6-2/h6,8-9,11-16,26,37H,2,5,7,10,17-18H2,1,3-4H3/b27-24+. The van der Waals surface area contributed by atoms with E-state index < -0.39 is 23.7 Å². The summed E-state index contributed by atoms with van der Waals surface area (Å²) < 4.78 is 12.7. The molecule has 1 saturated heterocycles. The lowest BCUT2D eigenvalue weighted by molar-refractivity contribution is -0.132. The fraction of sp³-hybridized carbons (Fsp3) is 0.281. The van der Waals surface area contributed by atoms with Crippen LogP contribution in [-0.4, -0.2) is 50.3 Å². The molecule has 1 aliphatic heterocycles. The van der Waals surface area contributed by atoms with E-state index in [-0.39, 0.29) is 27.9 Å². The van der Waals surface area contributed by atoms with Crippen LogP contribution in [0.15, 0.2) is 66.9 Å². The molecule has 4 heterocycles. The maximum Gasteiger partial charge on any atom is 0.350 e. The molecule has 1 fully saturated rings. The number of amides is 1. The van der Waals surface area contributed by atoms with Crippen molar-refractivity contribution in [3.8, 4) is 5.75 Å². The molecule has 4 aromatic rings. The maximum absolute atomic E-state index is 13.7. The second-order valence-electron chi connectivity index (χ2n) is 10.1. The van der Waals surface area contributed by atoms with Crippen LogP contribution in [0.5, 0.6) is 5.75 Å². The van der Waals surface area contributed by atoms with Crippen molar-refractivity contribution in [2.45, 2.75) is 46.1 Å². The number of rotatable bonds is 11. The molecule has 0 spiro atoms. The molecular formula is C32H32N4O6S. The molecule has 11 heteroatoms. The van der Waals surface area contributed by atoms with Crippen LogP contribution in [0.1, 0.15) is 64.5 Å². The number of carbonyl (C=O) groups is 3. The molecule has 1 aliphatic rings. The van der Waals surface area contributed by atoms with Crippen molar-refractivity contribution in [1.29, 1.82) is 0 Å². The van der Waals surface area contributed by atoms with Crippen molar-refractivity contribution in [2.24, 2.45) is 0 Å². The number of aromatic nitrogens is 3. The SMILES string of the molecule is C=CCOC(=O)c1sc(N2C(=O)C(=O)/C(=C(/O)c3c(C)nc4ccccn34)C2c2ccc(OCCCCC)cc2)nc1C. The predicted octanol–water partition coefficient (Wildman–Crippen LogP) is 5.95. The lowest BCUT2D eigenvalue weighted by Crippen LogP contribution is -2.29. The fourth-order valence-electron chi connectivity index (χ4n) is 5.03. The van der Waals surface area contributed by atoms with Gasteiger partial charge in [0.1, 0.15) is 28.6 Å². The molecule has 1 amide bonds. The minimum Gasteiger partial charge on any atom is -0.505 e. The summed E-state index contributed by atoms with van der Waals surface area (Å²) in [5.74, 6) is -2.08. The number of unbranched alkanes of at least 4 members (excludes halogenated alkanes) is 2. The Hall–Kier alpha value is -4.77. The quantitative estimate of drug-likeness (QED) is 0.0560. The molecule has 5 rings (SSSR count). The molecule has 1 atom stereocenters. The van der Waals surface area contributed by atoms with Crippen LogP contribution in [0.4, 0.5) is 5.13 Å². The predicted molar refractivity (Wildman–Crippen MR) is 164 cm³/mol. The summed E-state index contributed by atoms with van der Waals surface area (Å²) in [4.78, 5) is 50.5. The number of nitrogens with zero attached hydrogens (tertiary/aromatic N) is 4. The number of hydrogen-bond acceptors (Lipinski definition) is 9. The maximum atomic E-state index is 13.7. The lowest BCUT2D eigenvalue weighted by Gasteiger charge is -2.23. The number of esters is 1. The minimum atomic E-state index is -1.04. The summed E-state index contributed by atoms with van der Waals surface area (Å²) in [7, 11) is 0. The first kappa shape index (κ1) is 29.7. The van der Waals surface area contributed by atoms with E-state index in [1.807, 2.05) is 6.07 Å². The number of aliphatic hydroxyl groups excluding tert-OH is 1. The number of hydrogen-bond donors (Lipinski definition) is 1. The number of anilines is 1. The number of pyridine rings is 1. The number of imidazole rings is 1. The van der Waals surface area contributed by atoms with Crippen LogP contribution in [0.25, 0.3) is 11.4 Å². The van der Waals surface area contributed by atoms with Crippen molar-refractivity contribution in [3.63, 3.8) is 0 Å². The molecule has 43 heavy (non-hydrogen) atoms. The highest BCUT2D eigenvalue weighted by Crippen LogP contribution is 2.44. The topological polar surface area (TPSA) is 123 Å². The van der Waals surface area contributed by atoms with E-state index in [4.69, 9.17) is 9.47 Å². The lowest BCUT2D eigenvalue weighted by atomic mass is 9.96. The summed E-state index contributed by atoms with van der Waals surface area (Å²) in [5, 5.41) is 11.9. The summed E-state index contributed by atoms with van der Waals surface area (Å²) >= 11 is 0.942. The van der Waals surface area contributed by atoms with Gasteiger partial charge < -0.3 is 14.6 Å². The van der Waals surface area contributed by atoms with Crippen LogP contribution in [0, 0.1) is 13.8 Å². The molecule has 0 saturated carbocycles. The normalized spacial score (nSPS) is 16.2. The number of ketones is 1. The van der Waals surface area contributed by atoms with Gasteiger partial charge in [0.15, 0.2) is 10.9 Å². The Morgan fingerprint density at radius 1 is 1.09 bits per heavy atom. The van der Waals surface area contributed by atoms with Gasteiger partial charge in [-0.25, -0.2) is 14.8 Å². The van der Waals surface area contributed by atoms with E-state index in [0.717, 1.165) is 30.6 Å². The molecule has 1 aromatic carbocycles. The number of carbonyl (C=O) groups excluding carboxylic acids is 3. The van der Waals surface area contributed by atoms with Crippen LogP contribution < -0.4 is 9.64 Å². The second-order valence-corrected chi connectivity index (χ2v) is 11.0. The summed E-state index contributed by atoms with van der Waals surface area (Å²) in [6.07, 6.45) is 6.25. The molecule has 0 bridgehead atoms. The molecule has 1 unspecified atom stereocenters. The first-order chi connectivity index (χ1) is 20.8. The number of benzene rings is 1. The third-order valence-corrected chi connectivity index (χ3v) is 8.23. The van der Waals surface area contributed by atoms with E-state index in [2.05, 4.69) is 23.5 Å². The van der Waals surface area contributed by atoms with Crippen LogP contribution in [0.2, 0.25) is 0 Å². The van der Waals surface area contributed by atoms with Crippen LogP contribution in [0.3, 0.4) is 0 Å². The van der Waals surface area contributed by atoms with Gasteiger partial charge in [-0.1, -0.05) is 62.0 Å². The smallest absolute Gasteiger partial charge is 0.350 e. The Labute approximate surface area is 252 Å². The number of fused-ring (bicyclic) bond motifs is 1. The van der Waals surface area contributed by atoms with E-state index >= 15 is 0 Å². The summed E-state index contributed by atoms with van der Waals surface area (Å²) in [6, 6.07) is 11.4. The highest BCUT2D eigenvalue weighted by molar-refractivity contribution is 7.17. The first-order valence-electron chi connectivity index (χ1n) is 14.0. The Balaban J connectivity index is 1.63. The average Bonchev–Trinajstić information content (AvgIpc) is 3.64. The second kappa shape index (κ2) is 12.6. The number of ether oxygens (including phenoxy) is 2. The average molecular weight is 601 g/mol. The molecule has 222 valence electrons. The Bertz CT molecular complexity index is 1740. The Kier molecular flexibility index (Phi) is 8.72. The zero-order valence-corrected chi connectivity index (χ0v) is 25.0. The highest BCUT2D eigenvalue weighted by atomic mass is 32.1. The van der Waals surface area contributed by atoms with E-state index in [1.165, 1.54) is 11.0 Å². The van der Waals surface area contributed by atoms with Crippen molar-refractivity contribution >= 4 is 45.5 Å². The van der Waals surface area contributed by atoms with E-state index in [1.54, 1.807) is 60.8 Å². The van der Waals surface area contributed by atoms with E-state index in [9.17, 15) is 19.5 Å². The van der Waals surface area contributed by atoms with E-state index in [0.29, 0.717) is 40.6 Å². The van der Waals surface area contributed by atoms with Crippen LogP contribution in [-0.2, 0) is 14.3 Å². The first-order valence-corrected chi connectivity index (χ1v) is 14.8. The number of Topliss-reactive ketones (excluding diaryl/α,β-unsaturated/α-hetero) is 1. The Morgan fingerprint density at radius 3 is 2.58 bits per heavy atom. The number of aryl methyl sites for hydroxylation is 2. The van der Waals surface area contributed by atoms with Gasteiger partial charge in [0.2, 0.25) is 0 Å². The monoisotopic (exact) mass is 600 g/mol. The zero-order chi connectivity index (χ0) is 30.7. The van der Waals surface area contributed by atoms with Crippen molar-refractivity contribution in [1.82, 2.24) is 14.4 Å². The van der Waals surface area contributed by atoms with Crippen LogP contribution >= 0.6 is 11.3 Å². The molecular weight excluding hydrogens is 568 g/mol. The van der Waals surface area contributed by atoms with Gasteiger partial charge in [0.05, 0.1) is 29.6 Å². The summed E-state index contributed by atoms with van der Waals surface area (Å²) in [5.41, 5.74) is 2.16. The van der Waals surface area contributed by atoms with Gasteiger partial charge in [0.25, 0.3) is 5.78 Å². The van der Waals surface area contributed by atoms with Gasteiger partial charge in [-0.05, 0) is 50.1 Å². The number of aliphatic hydroxyl groups is 1. The Morgan fingerprint density at radius 2 is 1.86 bits per heavy atom. The molecule has 0 radical (unpaired) electrons. The molecule has 10 nitrogen and oxygen atoms in total. The number of thiazole rings is 1. The molecule has 0 aliphatic carbocycles. The van der Waals surface area contributed by atoms with Gasteiger partial charge in [-0.2, -0.15) is 0 Å². The molecule has 1 N–H and O–H groups in total. The third kappa shape index (κ3) is 5.68. The van der Waals surface area contributed by atoms with Crippen molar-refractivity contribution in [3.05, 3.63) is 94.4 Å². The van der Waals surface area contributed by atoms with Crippen molar-refractivity contribution in [2.75, 3.05) is 18.1 Å². The van der Waals surface area contributed by atoms with Gasteiger partial charge in [-0.15, -0.1) is 0 Å². The van der Waals surface area contributed by atoms with Gasteiger partial charge in [-0.3, -0.25) is 18.9 Å². The fourth-order valence-corrected chi connectivity index (χ4v) is 6.02. The zero-order valence-electron chi connectivity index (χ0n) is 24.2. The summed E-state index contributed by atoms with van der Waals surface area (Å²) in [6.45, 7) is 9.62. The van der Waals surface area contributed by atoms with Crippen molar-refractivity contribution < 1.29 is 29.0 Å².